The molecule has 4 nitrogen and oxygen atoms in total. The monoisotopic (exact) mass is 212 g/mol. The predicted octanol–water partition coefficient (Wildman–Crippen LogP) is 0.937. The topological polar surface area (TPSA) is 61.4 Å². The maximum absolute atomic E-state index is 11.7. The largest absolute Gasteiger partial charge is 0.465 e. The normalized spacial score (nSPS) is 26.8. The Morgan fingerprint density at radius 2 is 1.93 bits per heavy atom. The summed E-state index contributed by atoms with van der Waals surface area (Å²) in [5, 5.41) is 12.8. The minimum Gasteiger partial charge on any atom is -0.465 e. The number of carboxylic acid groups (broad SMARTS) is 1. The van der Waals surface area contributed by atoms with E-state index >= 15 is 0 Å². The molecular formula is C7H11F3N2O2. The van der Waals surface area contributed by atoms with Crippen LogP contribution in [0.5, 0.6) is 0 Å². The van der Waals surface area contributed by atoms with Crippen molar-refractivity contribution in [3.05, 3.63) is 0 Å². The van der Waals surface area contributed by atoms with Gasteiger partial charge in [0.15, 0.2) is 0 Å². The van der Waals surface area contributed by atoms with Crippen LogP contribution in [0.25, 0.3) is 0 Å². The molecule has 0 heterocycles. The molecule has 0 aromatic rings. The predicted molar refractivity (Wildman–Crippen MR) is 42.0 cm³/mol. The molecule has 1 aliphatic rings. The number of hydrogen-bond donors (Lipinski definition) is 3. The molecule has 7 heteroatoms. The molecule has 0 spiro atoms. The highest BCUT2D eigenvalue weighted by molar-refractivity contribution is 5.65. The van der Waals surface area contributed by atoms with Gasteiger partial charge in [0.2, 0.25) is 0 Å². The summed E-state index contributed by atoms with van der Waals surface area (Å²) in [6.07, 6.45) is -4.50. The summed E-state index contributed by atoms with van der Waals surface area (Å²) < 4.78 is 35.1. The molecule has 0 radical (unpaired) electrons. The molecule has 3 N–H and O–H groups in total. The standard InChI is InChI=1S/C7H11F3N2O2/c8-7(9,10)3-11-4-1-5(2-4)12-6(13)14/h4-5,11-12H,1-3H2,(H,13,14)/t4-,5-. The van der Waals surface area contributed by atoms with E-state index in [1.165, 1.54) is 0 Å². The molecule has 1 rings (SSSR count). The van der Waals surface area contributed by atoms with Crippen LogP contribution in [0.15, 0.2) is 0 Å². The summed E-state index contributed by atoms with van der Waals surface area (Å²) >= 11 is 0. The van der Waals surface area contributed by atoms with Gasteiger partial charge in [0.05, 0.1) is 6.54 Å². The molecule has 0 unspecified atom stereocenters. The molecule has 14 heavy (non-hydrogen) atoms. The van der Waals surface area contributed by atoms with E-state index in [4.69, 9.17) is 5.11 Å². The Morgan fingerprint density at radius 1 is 1.36 bits per heavy atom. The van der Waals surface area contributed by atoms with Crippen molar-refractivity contribution in [3.8, 4) is 0 Å². The number of hydrogen-bond acceptors (Lipinski definition) is 2. The van der Waals surface area contributed by atoms with Gasteiger partial charge in [-0.25, -0.2) is 4.79 Å². The van der Waals surface area contributed by atoms with Crippen molar-refractivity contribution < 1.29 is 23.1 Å². The van der Waals surface area contributed by atoms with Gasteiger partial charge in [0.25, 0.3) is 0 Å². The molecule has 0 saturated heterocycles. The summed E-state index contributed by atoms with van der Waals surface area (Å²) in [6, 6.07) is -0.438. The Labute approximate surface area is 78.5 Å². The van der Waals surface area contributed by atoms with Crippen molar-refractivity contribution in [2.45, 2.75) is 31.1 Å². The minimum atomic E-state index is -4.20. The molecule has 1 amide bonds. The highest BCUT2D eigenvalue weighted by Gasteiger charge is 2.34. The lowest BCUT2D eigenvalue weighted by molar-refractivity contribution is -0.127. The second-order valence-electron chi connectivity index (χ2n) is 3.31. The fourth-order valence-electron chi connectivity index (χ4n) is 1.34. The number of rotatable bonds is 3. The Hall–Kier alpha value is -0.980. The third kappa shape index (κ3) is 3.82. The lowest BCUT2D eigenvalue weighted by Gasteiger charge is -2.35. The molecule has 0 aromatic heterocycles. The summed E-state index contributed by atoms with van der Waals surface area (Å²) in [7, 11) is 0. The van der Waals surface area contributed by atoms with Gasteiger partial charge < -0.3 is 15.7 Å². The van der Waals surface area contributed by atoms with E-state index in [1.54, 1.807) is 0 Å². The van der Waals surface area contributed by atoms with E-state index in [2.05, 4.69) is 10.6 Å². The van der Waals surface area contributed by atoms with E-state index in [1.807, 2.05) is 0 Å². The van der Waals surface area contributed by atoms with Crippen molar-refractivity contribution >= 4 is 6.09 Å². The Kier molecular flexibility index (Phi) is 3.20. The third-order valence-corrected chi connectivity index (χ3v) is 2.06. The minimum absolute atomic E-state index is 0.210. The molecule has 1 aliphatic carbocycles. The van der Waals surface area contributed by atoms with Crippen LogP contribution < -0.4 is 10.6 Å². The van der Waals surface area contributed by atoms with Crippen LogP contribution in [-0.2, 0) is 0 Å². The molecular weight excluding hydrogens is 201 g/mol. The van der Waals surface area contributed by atoms with Crippen LogP contribution in [0.2, 0.25) is 0 Å². The fraction of sp³-hybridized carbons (Fsp3) is 0.857. The Morgan fingerprint density at radius 3 is 2.36 bits per heavy atom. The van der Waals surface area contributed by atoms with E-state index in [0.717, 1.165) is 0 Å². The van der Waals surface area contributed by atoms with Crippen LogP contribution in [0.3, 0.4) is 0 Å². The van der Waals surface area contributed by atoms with E-state index in [-0.39, 0.29) is 12.1 Å². The van der Waals surface area contributed by atoms with Gasteiger partial charge in [-0.1, -0.05) is 0 Å². The van der Waals surface area contributed by atoms with Gasteiger partial charge in [-0.3, -0.25) is 0 Å². The van der Waals surface area contributed by atoms with Gasteiger partial charge in [-0.15, -0.1) is 0 Å². The maximum atomic E-state index is 11.7. The second kappa shape index (κ2) is 4.04. The molecule has 0 bridgehead atoms. The van der Waals surface area contributed by atoms with Crippen molar-refractivity contribution in [1.82, 2.24) is 10.6 Å². The zero-order valence-corrected chi connectivity index (χ0v) is 7.27. The lowest BCUT2D eigenvalue weighted by Crippen LogP contribution is -2.53. The zero-order chi connectivity index (χ0) is 10.8. The first-order valence-electron chi connectivity index (χ1n) is 4.16. The van der Waals surface area contributed by atoms with Crippen LogP contribution in [0.4, 0.5) is 18.0 Å². The Balaban J connectivity index is 2.07. The van der Waals surface area contributed by atoms with E-state index < -0.39 is 18.8 Å². The van der Waals surface area contributed by atoms with Crippen molar-refractivity contribution in [2.75, 3.05) is 6.54 Å². The average molecular weight is 212 g/mol. The van der Waals surface area contributed by atoms with Gasteiger partial charge in [0, 0.05) is 12.1 Å². The summed E-state index contributed by atoms with van der Waals surface area (Å²) in [5.41, 5.74) is 0. The van der Waals surface area contributed by atoms with E-state index in [9.17, 15) is 18.0 Å². The summed E-state index contributed by atoms with van der Waals surface area (Å²) in [5.74, 6) is 0. The number of alkyl halides is 3. The smallest absolute Gasteiger partial charge is 0.404 e. The molecule has 1 fully saturated rings. The fourth-order valence-corrected chi connectivity index (χ4v) is 1.34. The maximum Gasteiger partial charge on any atom is 0.404 e. The van der Waals surface area contributed by atoms with Gasteiger partial charge in [-0.2, -0.15) is 13.2 Å². The molecule has 82 valence electrons. The van der Waals surface area contributed by atoms with Crippen molar-refractivity contribution in [2.24, 2.45) is 0 Å². The zero-order valence-electron chi connectivity index (χ0n) is 7.27. The molecule has 0 aliphatic heterocycles. The van der Waals surface area contributed by atoms with Gasteiger partial charge >= 0.3 is 12.3 Å². The molecule has 0 aromatic carbocycles. The van der Waals surface area contributed by atoms with Crippen LogP contribution in [0, 0.1) is 0 Å². The first-order valence-corrected chi connectivity index (χ1v) is 4.16. The number of nitrogens with one attached hydrogen (secondary N) is 2. The lowest BCUT2D eigenvalue weighted by atomic mass is 9.87. The van der Waals surface area contributed by atoms with Crippen molar-refractivity contribution in [1.29, 1.82) is 0 Å². The molecule has 1 saturated carbocycles. The van der Waals surface area contributed by atoms with Crippen LogP contribution >= 0.6 is 0 Å². The first kappa shape index (κ1) is 11.1. The number of carbonyl (C=O) groups is 1. The molecule has 0 atom stereocenters. The van der Waals surface area contributed by atoms with E-state index in [0.29, 0.717) is 12.8 Å². The number of halogens is 3. The SMILES string of the molecule is O=C(O)N[C@H]1C[C@H](NCC(F)(F)F)C1. The van der Waals surface area contributed by atoms with Gasteiger partial charge in [0.1, 0.15) is 0 Å². The Bertz CT molecular complexity index is 213. The van der Waals surface area contributed by atoms with Crippen LogP contribution in [0.1, 0.15) is 12.8 Å². The third-order valence-electron chi connectivity index (χ3n) is 2.06. The summed E-state index contributed by atoms with van der Waals surface area (Å²) in [6.45, 7) is -1.02. The highest BCUT2D eigenvalue weighted by atomic mass is 19.4. The van der Waals surface area contributed by atoms with Crippen molar-refractivity contribution in [3.63, 3.8) is 0 Å². The van der Waals surface area contributed by atoms with Gasteiger partial charge in [-0.05, 0) is 12.8 Å². The highest BCUT2D eigenvalue weighted by Crippen LogP contribution is 2.21. The number of amides is 1. The second-order valence-corrected chi connectivity index (χ2v) is 3.31. The summed E-state index contributed by atoms with van der Waals surface area (Å²) in [4.78, 5) is 10.1. The van der Waals surface area contributed by atoms with Crippen LogP contribution in [-0.4, -0.2) is 36.0 Å². The average Bonchev–Trinajstić information content (AvgIpc) is 1.90. The first-order chi connectivity index (χ1) is 6.37. The quantitative estimate of drug-likeness (QED) is 0.652.